The van der Waals surface area contributed by atoms with Gasteiger partial charge in [0.05, 0.1) is 25.3 Å². The second-order valence-electron chi connectivity index (χ2n) is 7.03. The van der Waals surface area contributed by atoms with Crippen LogP contribution in [-0.2, 0) is 0 Å². The van der Waals surface area contributed by atoms with Crippen molar-refractivity contribution in [3.05, 3.63) is 58.3 Å². The highest BCUT2D eigenvalue weighted by molar-refractivity contribution is 5.81. The highest BCUT2D eigenvalue weighted by Gasteiger charge is 2.13. The standard InChI is InChI=1S/C22H22N4O4/c1-13(2)26-17-8-7-15(12-16(17)23-22(26)27)21-24-20(30-25-21)10-6-14-5-9-18(28-3)19(11-14)29-4/h5-13H,1-4H3,(H,23,27). The summed E-state index contributed by atoms with van der Waals surface area (Å²) in [5.41, 5.74) is 3.11. The zero-order valence-corrected chi connectivity index (χ0v) is 17.2. The third kappa shape index (κ3) is 3.59. The third-order valence-electron chi connectivity index (χ3n) is 4.76. The minimum atomic E-state index is -0.135. The number of rotatable bonds is 6. The number of hydrogen-bond donors (Lipinski definition) is 1. The molecule has 30 heavy (non-hydrogen) atoms. The molecule has 4 aromatic rings. The molecular weight excluding hydrogens is 384 g/mol. The van der Waals surface area contributed by atoms with E-state index in [2.05, 4.69) is 15.1 Å². The smallest absolute Gasteiger partial charge is 0.326 e. The average molecular weight is 406 g/mol. The molecule has 2 aromatic carbocycles. The first-order valence-corrected chi connectivity index (χ1v) is 9.48. The van der Waals surface area contributed by atoms with E-state index in [1.165, 1.54) is 0 Å². The zero-order chi connectivity index (χ0) is 21.3. The Balaban J connectivity index is 1.60. The Labute approximate surface area is 172 Å². The molecule has 0 saturated carbocycles. The molecule has 154 valence electrons. The molecule has 0 amide bonds. The summed E-state index contributed by atoms with van der Waals surface area (Å²) in [6.07, 6.45) is 3.58. The maximum Gasteiger partial charge on any atom is 0.326 e. The summed E-state index contributed by atoms with van der Waals surface area (Å²) in [4.78, 5) is 19.5. The first-order valence-electron chi connectivity index (χ1n) is 9.48. The summed E-state index contributed by atoms with van der Waals surface area (Å²) in [5.74, 6) is 2.12. The number of hydrogen-bond acceptors (Lipinski definition) is 6. The highest BCUT2D eigenvalue weighted by Crippen LogP contribution is 2.28. The van der Waals surface area contributed by atoms with Gasteiger partial charge in [0.1, 0.15) is 0 Å². The van der Waals surface area contributed by atoms with Crippen molar-refractivity contribution in [3.8, 4) is 22.9 Å². The van der Waals surface area contributed by atoms with Gasteiger partial charge in [0, 0.05) is 17.7 Å². The van der Waals surface area contributed by atoms with Crippen molar-refractivity contribution in [3.63, 3.8) is 0 Å². The average Bonchev–Trinajstić information content (AvgIpc) is 3.34. The Hall–Kier alpha value is -3.81. The lowest BCUT2D eigenvalue weighted by Gasteiger charge is -2.07. The van der Waals surface area contributed by atoms with Gasteiger partial charge in [-0.3, -0.25) is 4.57 Å². The van der Waals surface area contributed by atoms with Crippen molar-refractivity contribution in [1.29, 1.82) is 0 Å². The molecule has 4 rings (SSSR count). The van der Waals surface area contributed by atoms with E-state index in [0.29, 0.717) is 23.2 Å². The summed E-state index contributed by atoms with van der Waals surface area (Å²) < 4.78 is 17.6. The fourth-order valence-electron chi connectivity index (χ4n) is 3.33. The first-order chi connectivity index (χ1) is 14.5. The number of fused-ring (bicyclic) bond motifs is 1. The number of benzene rings is 2. The van der Waals surface area contributed by atoms with Crippen LogP contribution in [0, 0.1) is 0 Å². The Kier molecular flexibility index (Phi) is 5.14. The number of H-pyrrole nitrogens is 1. The van der Waals surface area contributed by atoms with Gasteiger partial charge >= 0.3 is 5.69 Å². The van der Waals surface area contributed by atoms with Crippen LogP contribution in [0.15, 0.2) is 45.7 Å². The highest BCUT2D eigenvalue weighted by atomic mass is 16.5. The van der Waals surface area contributed by atoms with Crippen molar-refractivity contribution in [1.82, 2.24) is 19.7 Å². The maximum absolute atomic E-state index is 12.2. The van der Waals surface area contributed by atoms with Gasteiger partial charge in [0.2, 0.25) is 5.82 Å². The summed E-state index contributed by atoms with van der Waals surface area (Å²) in [6.45, 7) is 3.94. The number of ether oxygens (including phenoxy) is 2. The Bertz CT molecular complexity index is 1280. The number of aromatic nitrogens is 4. The van der Waals surface area contributed by atoms with Crippen LogP contribution in [0.2, 0.25) is 0 Å². The van der Waals surface area contributed by atoms with Crippen LogP contribution >= 0.6 is 0 Å². The molecule has 1 N–H and O–H groups in total. The van der Waals surface area contributed by atoms with E-state index < -0.39 is 0 Å². The van der Waals surface area contributed by atoms with Crippen LogP contribution in [0.3, 0.4) is 0 Å². The lowest BCUT2D eigenvalue weighted by Crippen LogP contribution is -2.18. The molecular formula is C22H22N4O4. The topological polar surface area (TPSA) is 95.2 Å². The molecule has 0 aliphatic heterocycles. The van der Waals surface area contributed by atoms with Crippen LogP contribution in [0.25, 0.3) is 34.6 Å². The minimum absolute atomic E-state index is 0.0654. The van der Waals surface area contributed by atoms with Gasteiger partial charge in [-0.15, -0.1) is 0 Å². The van der Waals surface area contributed by atoms with Gasteiger partial charge in [-0.2, -0.15) is 4.98 Å². The van der Waals surface area contributed by atoms with Crippen LogP contribution in [-0.4, -0.2) is 33.9 Å². The van der Waals surface area contributed by atoms with E-state index in [9.17, 15) is 4.79 Å². The van der Waals surface area contributed by atoms with Gasteiger partial charge in [0.15, 0.2) is 11.5 Å². The predicted octanol–water partition coefficient (Wildman–Crippen LogP) is 4.15. The molecule has 2 heterocycles. The summed E-state index contributed by atoms with van der Waals surface area (Å²) in [7, 11) is 3.19. The predicted molar refractivity (Wildman–Crippen MR) is 115 cm³/mol. The van der Waals surface area contributed by atoms with Crippen molar-refractivity contribution in [2.75, 3.05) is 14.2 Å². The molecule has 0 spiro atoms. The van der Waals surface area contributed by atoms with Crippen LogP contribution in [0.5, 0.6) is 11.5 Å². The van der Waals surface area contributed by atoms with E-state index in [1.807, 2.05) is 56.3 Å². The molecule has 8 nitrogen and oxygen atoms in total. The second kappa shape index (κ2) is 7.90. The fraction of sp³-hybridized carbons (Fsp3) is 0.227. The minimum Gasteiger partial charge on any atom is -0.493 e. The Morgan fingerprint density at radius 3 is 2.60 bits per heavy atom. The van der Waals surface area contributed by atoms with Crippen LogP contribution in [0.1, 0.15) is 31.3 Å². The van der Waals surface area contributed by atoms with E-state index in [4.69, 9.17) is 14.0 Å². The Morgan fingerprint density at radius 2 is 1.87 bits per heavy atom. The SMILES string of the molecule is COc1ccc(C=Cc2nc(-c3ccc4c(c3)[nH]c(=O)n4C(C)C)no2)cc1OC. The fourth-order valence-corrected chi connectivity index (χ4v) is 3.33. The molecule has 2 aromatic heterocycles. The number of nitrogens with zero attached hydrogens (tertiary/aromatic N) is 3. The van der Waals surface area contributed by atoms with Gasteiger partial charge in [-0.25, -0.2) is 4.79 Å². The lowest BCUT2D eigenvalue weighted by atomic mass is 10.2. The molecule has 0 aliphatic carbocycles. The van der Waals surface area contributed by atoms with Gasteiger partial charge in [-0.05, 0) is 55.8 Å². The lowest BCUT2D eigenvalue weighted by molar-refractivity contribution is 0.355. The summed E-state index contributed by atoms with van der Waals surface area (Å²) >= 11 is 0. The largest absolute Gasteiger partial charge is 0.493 e. The van der Waals surface area contributed by atoms with Crippen molar-refractivity contribution >= 4 is 23.2 Å². The van der Waals surface area contributed by atoms with Crippen molar-refractivity contribution in [2.45, 2.75) is 19.9 Å². The molecule has 0 radical (unpaired) electrons. The molecule has 0 bridgehead atoms. The zero-order valence-electron chi connectivity index (χ0n) is 17.2. The second-order valence-corrected chi connectivity index (χ2v) is 7.03. The van der Waals surface area contributed by atoms with E-state index >= 15 is 0 Å². The van der Waals surface area contributed by atoms with E-state index in [1.54, 1.807) is 24.9 Å². The number of nitrogens with one attached hydrogen (secondary N) is 1. The van der Waals surface area contributed by atoms with Gasteiger partial charge in [0.25, 0.3) is 5.89 Å². The number of imidazole rings is 1. The number of aromatic amines is 1. The van der Waals surface area contributed by atoms with Crippen LogP contribution < -0.4 is 15.2 Å². The van der Waals surface area contributed by atoms with Gasteiger partial charge in [-0.1, -0.05) is 11.2 Å². The van der Waals surface area contributed by atoms with Crippen molar-refractivity contribution < 1.29 is 14.0 Å². The van der Waals surface area contributed by atoms with Gasteiger partial charge < -0.3 is 19.0 Å². The molecule has 0 unspecified atom stereocenters. The summed E-state index contributed by atoms with van der Waals surface area (Å²) in [5, 5.41) is 4.05. The maximum atomic E-state index is 12.2. The summed E-state index contributed by atoms with van der Waals surface area (Å²) in [6, 6.07) is 11.3. The third-order valence-corrected chi connectivity index (χ3v) is 4.76. The molecule has 0 saturated heterocycles. The van der Waals surface area contributed by atoms with E-state index in [0.717, 1.165) is 22.2 Å². The normalized spacial score (nSPS) is 11.6. The Morgan fingerprint density at radius 1 is 1.07 bits per heavy atom. The molecule has 8 heteroatoms. The molecule has 0 fully saturated rings. The van der Waals surface area contributed by atoms with Crippen LogP contribution in [0.4, 0.5) is 0 Å². The number of methoxy groups -OCH3 is 2. The molecule has 0 aliphatic rings. The monoisotopic (exact) mass is 406 g/mol. The quantitative estimate of drug-likeness (QED) is 0.517. The van der Waals surface area contributed by atoms with Crippen molar-refractivity contribution in [2.24, 2.45) is 0 Å². The molecule has 0 atom stereocenters. The van der Waals surface area contributed by atoms with E-state index in [-0.39, 0.29) is 11.7 Å². The first kappa shape index (κ1) is 19.5.